The summed E-state index contributed by atoms with van der Waals surface area (Å²) in [5.41, 5.74) is 0.307. The maximum absolute atomic E-state index is 12.2. The van der Waals surface area contributed by atoms with Gasteiger partial charge in [-0.3, -0.25) is 10.1 Å². The molecular weight excluding hydrogens is 277 g/mol. The van der Waals surface area contributed by atoms with Gasteiger partial charge >= 0.3 is 11.9 Å². The van der Waals surface area contributed by atoms with Crippen LogP contribution in [0.3, 0.4) is 0 Å². The van der Waals surface area contributed by atoms with Crippen LogP contribution in [0, 0.1) is 10.1 Å². The molecule has 0 aliphatic rings. The first-order chi connectivity index (χ1) is 9.23. The quantitative estimate of drug-likeness (QED) is 0.646. The highest BCUT2D eigenvalue weighted by Gasteiger charge is 2.29. The van der Waals surface area contributed by atoms with E-state index in [1.165, 1.54) is 26.2 Å². The SMILES string of the molecule is COc1ccc(CNC(C)CC(F)(F)F)cc1[N+](=O)[O-]. The first-order valence-electron chi connectivity index (χ1n) is 5.84. The predicted octanol–water partition coefficient (Wildman–Crippen LogP) is 3.03. The highest BCUT2D eigenvalue weighted by molar-refractivity contribution is 5.48. The van der Waals surface area contributed by atoms with E-state index in [9.17, 15) is 23.3 Å². The van der Waals surface area contributed by atoms with Gasteiger partial charge in [-0.2, -0.15) is 13.2 Å². The lowest BCUT2D eigenvalue weighted by atomic mass is 10.1. The van der Waals surface area contributed by atoms with Gasteiger partial charge in [0, 0.05) is 18.7 Å². The molecule has 0 saturated carbocycles. The summed E-state index contributed by atoms with van der Waals surface area (Å²) in [6.07, 6.45) is -5.19. The van der Waals surface area contributed by atoms with E-state index in [-0.39, 0.29) is 18.0 Å². The Morgan fingerprint density at radius 3 is 2.60 bits per heavy atom. The molecule has 0 amide bonds. The second-order valence-corrected chi connectivity index (χ2v) is 4.36. The Morgan fingerprint density at radius 1 is 1.45 bits per heavy atom. The molecule has 8 heteroatoms. The normalized spacial score (nSPS) is 13.1. The van der Waals surface area contributed by atoms with Crippen molar-refractivity contribution in [2.24, 2.45) is 0 Å². The minimum absolute atomic E-state index is 0.113. The summed E-state index contributed by atoms with van der Waals surface area (Å²) >= 11 is 0. The number of nitro benzene ring substituents is 1. The Hall–Kier alpha value is -1.83. The van der Waals surface area contributed by atoms with E-state index in [1.807, 2.05) is 0 Å². The van der Waals surface area contributed by atoms with Crippen molar-refractivity contribution in [3.8, 4) is 5.75 Å². The molecule has 0 heterocycles. The lowest BCUT2D eigenvalue weighted by Gasteiger charge is -2.15. The molecule has 0 radical (unpaired) electrons. The van der Waals surface area contributed by atoms with Crippen molar-refractivity contribution in [3.05, 3.63) is 33.9 Å². The van der Waals surface area contributed by atoms with E-state index in [1.54, 1.807) is 6.07 Å². The van der Waals surface area contributed by atoms with E-state index >= 15 is 0 Å². The number of benzene rings is 1. The molecular formula is C12H15F3N2O3. The summed E-state index contributed by atoms with van der Waals surface area (Å²) in [6.45, 7) is 1.52. The molecule has 5 nitrogen and oxygen atoms in total. The Balaban J connectivity index is 2.69. The molecule has 112 valence electrons. The van der Waals surface area contributed by atoms with Gasteiger partial charge in [-0.05, 0) is 18.6 Å². The van der Waals surface area contributed by atoms with Gasteiger partial charge < -0.3 is 10.1 Å². The molecule has 1 aromatic rings. The van der Waals surface area contributed by atoms with E-state index in [2.05, 4.69) is 5.32 Å². The number of hydrogen-bond donors (Lipinski definition) is 1. The molecule has 1 atom stereocenters. The summed E-state index contributed by atoms with van der Waals surface area (Å²) in [4.78, 5) is 10.2. The smallest absolute Gasteiger partial charge is 0.390 e. The van der Waals surface area contributed by atoms with Gasteiger partial charge in [0.2, 0.25) is 0 Å². The fourth-order valence-corrected chi connectivity index (χ4v) is 1.70. The summed E-state index contributed by atoms with van der Waals surface area (Å²) in [5.74, 6) is 0.113. The standard InChI is InChI=1S/C12H15F3N2O3/c1-8(6-12(13,14)15)16-7-9-3-4-11(20-2)10(5-9)17(18)19/h3-5,8,16H,6-7H2,1-2H3. The predicted molar refractivity (Wildman–Crippen MR) is 66.6 cm³/mol. The highest BCUT2D eigenvalue weighted by Crippen LogP contribution is 2.27. The van der Waals surface area contributed by atoms with Crippen LogP contribution in [0.1, 0.15) is 18.9 Å². The van der Waals surface area contributed by atoms with Crippen LogP contribution in [0.25, 0.3) is 0 Å². The van der Waals surface area contributed by atoms with Gasteiger partial charge in [0.25, 0.3) is 0 Å². The molecule has 0 aliphatic heterocycles. The maximum Gasteiger partial charge on any atom is 0.390 e. The Labute approximate surface area is 113 Å². The molecule has 0 spiro atoms. The topological polar surface area (TPSA) is 64.4 Å². The third-order valence-corrected chi connectivity index (χ3v) is 2.63. The monoisotopic (exact) mass is 292 g/mol. The second-order valence-electron chi connectivity index (χ2n) is 4.36. The average molecular weight is 292 g/mol. The van der Waals surface area contributed by atoms with Crippen LogP contribution < -0.4 is 10.1 Å². The van der Waals surface area contributed by atoms with Crippen molar-refractivity contribution in [2.45, 2.75) is 32.1 Å². The number of nitro groups is 1. The first-order valence-corrected chi connectivity index (χ1v) is 5.84. The van der Waals surface area contributed by atoms with Crippen LogP contribution in [-0.4, -0.2) is 24.3 Å². The molecule has 1 unspecified atom stereocenters. The average Bonchev–Trinajstić information content (AvgIpc) is 2.33. The molecule has 0 saturated heterocycles. The summed E-state index contributed by atoms with van der Waals surface area (Å²) in [7, 11) is 1.31. The number of hydrogen-bond acceptors (Lipinski definition) is 4. The molecule has 0 aromatic heterocycles. The Morgan fingerprint density at radius 2 is 2.10 bits per heavy atom. The lowest BCUT2D eigenvalue weighted by Crippen LogP contribution is -2.30. The zero-order valence-corrected chi connectivity index (χ0v) is 11.0. The van der Waals surface area contributed by atoms with E-state index in [0.29, 0.717) is 5.56 Å². The van der Waals surface area contributed by atoms with Gasteiger partial charge in [-0.25, -0.2) is 0 Å². The number of halogens is 3. The minimum atomic E-state index is -4.24. The summed E-state index contributed by atoms with van der Waals surface area (Å²) in [5, 5.41) is 13.5. The largest absolute Gasteiger partial charge is 0.490 e. The molecule has 1 rings (SSSR count). The number of methoxy groups -OCH3 is 1. The van der Waals surface area contributed by atoms with E-state index < -0.39 is 23.6 Å². The van der Waals surface area contributed by atoms with Crippen LogP contribution in [0.5, 0.6) is 5.75 Å². The van der Waals surface area contributed by atoms with Crippen LogP contribution in [0.15, 0.2) is 18.2 Å². The molecule has 0 aliphatic carbocycles. The number of alkyl halides is 3. The lowest BCUT2D eigenvalue weighted by molar-refractivity contribution is -0.385. The van der Waals surface area contributed by atoms with Crippen molar-refractivity contribution < 1.29 is 22.8 Å². The van der Waals surface area contributed by atoms with Gasteiger partial charge in [0.05, 0.1) is 18.5 Å². The zero-order chi connectivity index (χ0) is 15.3. The molecule has 0 fully saturated rings. The summed E-state index contributed by atoms with van der Waals surface area (Å²) < 4.78 is 41.3. The van der Waals surface area contributed by atoms with Crippen LogP contribution in [-0.2, 0) is 6.54 Å². The van der Waals surface area contributed by atoms with Gasteiger partial charge in [0.1, 0.15) is 0 Å². The Kier molecular flexibility index (Phi) is 5.32. The summed E-state index contributed by atoms with van der Waals surface area (Å²) in [6, 6.07) is 3.51. The van der Waals surface area contributed by atoms with Gasteiger partial charge in [0.15, 0.2) is 5.75 Å². The van der Waals surface area contributed by atoms with Crippen molar-refractivity contribution in [2.75, 3.05) is 7.11 Å². The van der Waals surface area contributed by atoms with E-state index in [4.69, 9.17) is 4.74 Å². The van der Waals surface area contributed by atoms with Crippen molar-refractivity contribution >= 4 is 5.69 Å². The van der Waals surface area contributed by atoms with Gasteiger partial charge in [-0.1, -0.05) is 6.07 Å². The van der Waals surface area contributed by atoms with Crippen LogP contribution in [0.4, 0.5) is 18.9 Å². The van der Waals surface area contributed by atoms with Gasteiger partial charge in [-0.15, -0.1) is 0 Å². The van der Waals surface area contributed by atoms with Crippen molar-refractivity contribution in [3.63, 3.8) is 0 Å². The third-order valence-electron chi connectivity index (χ3n) is 2.63. The second kappa shape index (κ2) is 6.56. The number of nitrogens with zero attached hydrogens (tertiary/aromatic N) is 1. The highest BCUT2D eigenvalue weighted by atomic mass is 19.4. The third kappa shape index (κ3) is 5.04. The Bertz CT molecular complexity index is 478. The van der Waals surface area contributed by atoms with Crippen LogP contribution >= 0.6 is 0 Å². The minimum Gasteiger partial charge on any atom is -0.490 e. The maximum atomic E-state index is 12.2. The van der Waals surface area contributed by atoms with Crippen molar-refractivity contribution in [1.82, 2.24) is 5.32 Å². The molecule has 1 N–H and O–H groups in total. The zero-order valence-electron chi connectivity index (χ0n) is 11.0. The first kappa shape index (κ1) is 16.2. The number of rotatable bonds is 6. The fourth-order valence-electron chi connectivity index (χ4n) is 1.70. The van der Waals surface area contributed by atoms with Crippen molar-refractivity contribution in [1.29, 1.82) is 0 Å². The number of ether oxygens (including phenoxy) is 1. The fraction of sp³-hybridized carbons (Fsp3) is 0.500. The molecule has 20 heavy (non-hydrogen) atoms. The van der Waals surface area contributed by atoms with Crippen LogP contribution in [0.2, 0.25) is 0 Å². The van der Waals surface area contributed by atoms with E-state index in [0.717, 1.165) is 0 Å². The molecule has 1 aromatic carbocycles. The molecule has 0 bridgehead atoms. The number of nitrogens with one attached hydrogen (secondary N) is 1.